The van der Waals surface area contributed by atoms with Crippen molar-refractivity contribution in [2.24, 2.45) is 11.8 Å². The minimum Gasteiger partial charge on any atom is -0.337 e. The molecule has 1 amide bonds. The van der Waals surface area contributed by atoms with Crippen molar-refractivity contribution in [3.8, 4) is 0 Å². The molecular weight excluding hydrogens is 350 g/mol. The highest BCUT2D eigenvalue weighted by atomic mass is 16.2. The first-order valence-corrected chi connectivity index (χ1v) is 10.1. The van der Waals surface area contributed by atoms with E-state index in [2.05, 4.69) is 29.1 Å². The lowest BCUT2D eigenvalue weighted by atomic mass is 9.97. The summed E-state index contributed by atoms with van der Waals surface area (Å²) in [6.07, 6.45) is 5.11. The van der Waals surface area contributed by atoms with Crippen molar-refractivity contribution in [3.05, 3.63) is 54.0 Å². The van der Waals surface area contributed by atoms with Crippen LogP contribution in [0.2, 0.25) is 0 Å². The molecule has 1 aliphatic rings. The van der Waals surface area contributed by atoms with Gasteiger partial charge in [0.2, 0.25) is 0 Å². The zero-order chi connectivity index (χ0) is 19.5. The third kappa shape index (κ3) is 4.21. The fourth-order valence-electron chi connectivity index (χ4n) is 3.95. The van der Waals surface area contributed by atoms with Crippen molar-refractivity contribution in [2.45, 2.75) is 39.7 Å². The summed E-state index contributed by atoms with van der Waals surface area (Å²) in [6, 6.07) is 11.7. The highest BCUT2D eigenvalue weighted by Gasteiger charge is 2.26. The first-order chi connectivity index (χ1) is 13.6. The van der Waals surface area contributed by atoms with Gasteiger partial charge in [0.05, 0.1) is 11.2 Å². The monoisotopic (exact) mass is 377 g/mol. The van der Waals surface area contributed by atoms with Crippen molar-refractivity contribution in [2.75, 3.05) is 13.1 Å². The fourth-order valence-corrected chi connectivity index (χ4v) is 3.95. The van der Waals surface area contributed by atoms with Gasteiger partial charge < -0.3 is 4.90 Å². The molecule has 1 fully saturated rings. The summed E-state index contributed by atoms with van der Waals surface area (Å²) in [5.74, 6) is 0.990. The van der Waals surface area contributed by atoms with E-state index < -0.39 is 0 Å². The first-order valence-electron chi connectivity index (χ1n) is 10.1. The van der Waals surface area contributed by atoms with Crippen molar-refractivity contribution >= 4 is 16.8 Å². The number of carbonyl (C=O) groups excluding carboxylic acids is 1. The van der Waals surface area contributed by atoms with E-state index in [0.29, 0.717) is 17.5 Å². The van der Waals surface area contributed by atoms with Gasteiger partial charge in [-0.05, 0) is 43.2 Å². The summed E-state index contributed by atoms with van der Waals surface area (Å²) in [4.78, 5) is 19.5. The molecule has 1 aliphatic heterocycles. The maximum atomic E-state index is 13.0. The van der Waals surface area contributed by atoms with Crippen LogP contribution >= 0.6 is 0 Å². The molecule has 146 valence electrons. The number of likely N-dealkylation sites (tertiary alicyclic amines) is 1. The van der Waals surface area contributed by atoms with E-state index in [1.54, 1.807) is 0 Å². The van der Waals surface area contributed by atoms with Gasteiger partial charge in [0.1, 0.15) is 5.69 Å². The average Bonchev–Trinajstić information content (AvgIpc) is 3.13. The lowest BCUT2D eigenvalue weighted by molar-refractivity contribution is 0.0654. The van der Waals surface area contributed by atoms with E-state index in [1.165, 1.54) is 0 Å². The topological polar surface area (TPSA) is 63.9 Å². The molecule has 0 radical (unpaired) electrons. The molecule has 1 saturated heterocycles. The fraction of sp³-hybridized carbons (Fsp3) is 0.455. The largest absolute Gasteiger partial charge is 0.337 e. The van der Waals surface area contributed by atoms with E-state index >= 15 is 0 Å². The van der Waals surface area contributed by atoms with Crippen LogP contribution in [-0.4, -0.2) is 43.9 Å². The lowest BCUT2D eigenvalue weighted by Crippen LogP contribution is -2.41. The van der Waals surface area contributed by atoms with Crippen LogP contribution in [0.4, 0.5) is 0 Å². The molecular formula is C22H27N5O. The van der Waals surface area contributed by atoms with Crippen LogP contribution in [-0.2, 0) is 13.0 Å². The quantitative estimate of drug-likeness (QED) is 0.682. The molecule has 4 rings (SSSR count). The van der Waals surface area contributed by atoms with Gasteiger partial charge in [-0.2, -0.15) is 0 Å². The highest BCUT2D eigenvalue weighted by molar-refractivity contribution is 5.95. The molecule has 1 unspecified atom stereocenters. The molecule has 1 atom stereocenters. The summed E-state index contributed by atoms with van der Waals surface area (Å²) in [5, 5.41) is 9.61. The molecule has 0 spiro atoms. The number of hydrogen-bond donors (Lipinski definition) is 0. The zero-order valence-electron chi connectivity index (χ0n) is 16.6. The maximum Gasteiger partial charge on any atom is 0.272 e. The Morgan fingerprint density at radius 3 is 2.93 bits per heavy atom. The predicted molar refractivity (Wildman–Crippen MR) is 109 cm³/mol. The average molecular weight is 377 g/mol. The summed E-state index contributed by atoms with van der Waals surface area (Å²) in [6.45, 7) is 6.71. The number of para-hydroxylation sites is 1. The van der Waals surface area contributed by atoms with Crippen LogP contribution < -0.4 is 0 Å². The molecule has 3 heterocycles. The second-order valence-corrected chi connectivity index (χ2v) is 8.18. The standard InChI is InChI=1S/C22H27N5O/c1-16(2)12-19-15-27(25-24-19)14-17-6-5-11-26(13-17)22(28)21-10-9-18-7-3-4-8-20(18)23-21/h3-4,7-10,15-17H,5-6,11-14H2,1-2H3. The van der Waals surface area contributed by atoms with Gasteiger partial charge >= 0.3 is 0 Å². The van der Waals surface area contributed by atoms with Crippen LogP contribution in [0.3, 0.4) is 0 Å². The van der Waals surface area contributed by atoms with Gasteiger partial charge in [-0.1, -0.05) is 43.3 Å². The zero-order valence-corrected chi connectivity index (χ0v) is 16.6. The van der Waals surface area contributed by atoms with E-state index in [0.717, 1.165) is 55.5 Å². The summed E-state index contributed by atoms with van der Waals surface area (Å²) in [5.41, 5.74) is 2.43. The second-order valence-electron chi connectivity index (χ2n) is 8.18. The molecule has 6 heteroatoms. The van der Waals surface area contributed by atoms with Gasteiger partial charge in [-0.15, -0.1) is 5.10 Å². The van der Waals surface area contributed by atoms with E-state index in [4.69, 9.17) is 0 Å². The van der Waals surface area contributed by atoms with E-state index in [1.807, 2.05) is 52.2 Å². The minimum atomic E-state index is 0.0227. The number of aromatic nitrogens is 4. The van der Waals surface area contributed by atoms with Crippen molar-refractivity contribution in [1.29, 1.82) is 0 Å². The first kappa shape index (κ1) is 18.6. The van der Waals surface area contributed by atoms with Gasteiger partial charge in [0, 0.05) is 31.2 Å². The second kappa shape index (κ2) is 8.09. The molecule has 1 aromatic carbocycles. The van der Waals surface area contributed by atoms with Crippen LogP contribution in [0.25, 0.3) is 10.9 Å². The Morgan fingerprint density at radius 2 is 2.07 bits per heavy atom. The number of carbonyl (C=O) groups is 1. The van der Waals surface area contributed by atoms with Crippen LogP contribution in [0.15, 0.2) is 42.6 Å². The molecule has 0 aliphatic carbocycles. The van der Waals surface area contributed by atoms with Crippen molar-refractivity contribution in [1.82, 2.24) is 24.9 Å². The third-order valence-electron chi connectivity index (χ3n) is 5.27. The molecule has 2 aromatic heterocycles. The summed E-state index contributed by atoms with van der Waals surface area (Å²) in [7, 11) is 0. The van der Waals surface area contributed by atoms with Gasteiger partial charge in [-0.3, -0.25) is 9.48 Å². The van der Waals surface area contributed by atoms with Crippen molar-refractivity contribution < 1.29 is 4.79 Å². The molecule has 0 bridgehead atoms. The third-order valence-corrected chi connectivity index (χ3v) is 5.27. The number of fused-ring (bicyclic) bond motifs is 1. The van der Waals surface area contributed by atoms with Gasteiger partial charge in [0.25, 0.3) is 5.91 Å². The van der Waals surface area contributed by atoms with Gasteiger partial charge in [0.15, 0.2) is 0 Å². The Balaban J connectivity index is 1.42. The lowest BCUT2D eigenvalue weighted by Gasteiger charge is -2.32. The smallest absolute Gasteiger partial charge is 0.272 e. The number of pyridine rings is 1. The minimum absolute atomic E-state index is 0.0227. The maximum absolute atomic E-state index is 13.0. The van der Waals surface area contributed by atoms with Crippen LogP contribution in [0, 0.1) is 11.8 Å². The predicted octanol–water partition coefficient (Wildman–Crippen LogP) is 3.58. The number of piperidine rings is 1. The summed E-state index contributed by atoms with van der Waals surface area (Å²) >= 11 is 0. The number of hydrogen-bond acceptors (Lipinski definition) is 4. The number of rotatable bonds is 5. The van der Waals surface area contributed by atoms with E-state index in [9.17, 15) is 4.79 Å². The molecule has 3 aromatic rings. The van der Waals surface area contributed by atoms with Gasteiger partial charge in [-0.25, -0.2) is 4.98 Å². The Labute approximate surface area is 165 Å². The Kier molecular flexibility index (Phi) is 5.37. The Morgan fingerprint density at radius 1 is 1.21 bits per heavy atom. The Bertz CT molecular complexity index is 964. The van der Waals surface area contributed by atoms with E-state index in [-0.39, 0.29) is 5.91 Å². The summed E-state index contributed by atoms with van der Waals surface area (Å²) < 4.78 is 1.94. The Hall–Kier alpha value is -2.76. The number of amides is 1. The molecule has 0 saturated carbocycles. The van der Waals surface area contributed by atoms with Crippen LogP contribution in [0.1, 0.15) is 42.9 Å². The number of benzene rings is 1. The molecule has 6 nitrogen and oxygen atoms in total. The normalized spacial score (nSPS) is 17.4. The highest BCUT2D eigenvalue weighted by Crippen LogP contribution is 2.21. The molecule has 0 N–H and O–H groups in total. The molecule has 28 heavy (non-hydrogen) atoms. The number of nitrogens with zero attached hydrogens (tertiary/aromatic N) is 5. The van der Waals surface area contributed by atoms with Crippen molar-refractivity contribution in [3.63, 3.8) is 0 Å². The van der Waals surface area contributed by atoms with Crippen LogP contribution in [0.5, 0.6) is 0 Å². The SMILES string of the molecule is CC(C)Cc1cn(CC2CCCN(C(=O)c3ccc4ccccc4n3)C2)nn1.